The van der Waals surface area contributed by atoms with Gasteiger partial charge >= 0.3 is 0 Å². The molecule has 0 atom stereocenters. The summed E-state index contributed by atoms with van der Waals surface area (Å²) in [4.78, 5) is 37.6. The number of pyridine rings is 1. The maximum absolute atomic E-state index is 13.0. The second-order valence-electron chi connectivity index (χ2n) is 8.32. The van der Waals surface area contributed by atoms with Crippen molar-refractivity contribution in [3.05, 3.63) is 60.8 Å². The van der Waals surface area contributed by atoms with Crippen molar-refractivity contribution in [1.29, 1.82) is 0 Å². The number of aromatic nitrogens is 3. The van der Waals surface area contributed by atoms with Gasteiger partial charge in [0.1, 0.15) is 23.6 Å². The number of nitrogens with one attached hydrogen (secondary N) is 1. The molecule has 1 saturated carbocycles. The molecule has 1 aromatic carbocycles. The average Bonchev–Trinajstić information content (AvgIpc) is 3.61. The van der Waals surface area contributed by atoms with Gasteiger partial charge in [0.25, 0.3) is 5.91 Å². The van der Waals surface area contributed by atoms with Crippen LogP contribution in [0, 0.1) is 5.92 Å². The van der Waals surface area contributed by atoms with Crippen molar-refractivity contribution in [2.45, 2.75) is 12.8 Å². The highest BCUT2D eigenvalue weighted by atomic mass is 16.5. The van der Waals surface area contributed by atoms with Crippen molar-refractivity contribution in [3.8, 4) is 11.6 Å². The van der Waals surface area contributed by atoms with Crippen LogP contribution in [0.4, 0.5) is 11.4 Å². The fourth-order valence-corrected chi connectivity index (χ4v) is 3.90. The molecule has 2 fully saturated rings. The normalized spacial score (nSPS) is 15.9. The Balaban J connectivity index is 1.19. The molecule has 1 saturated heterocycles. The second-order valence-corrected chi connectivity index (χ2v) is 8.32. The molecule has 3 aromatic rings. The molecule has 1 N–H and O–H groups in total. The number of rotatable bonds is 6. The number of amides is 2. The molecule has 9 heteroatoms. The van der Waals surface area contributed by atoms with Crippen LogP contribution in [0.2, 0.25) is 0 Å². The lowest BCUT2D eigenvalue weighted by molar-refractivity contribution is -0.117. The minimum Gasteiger partial charge on any atom is -0.497 e. The molecular weight excluding hydrogens is 420 g/mol. The molecule has 0 bridgehead atoms. The summed E-state index contributed by atoms with van der Waals surface area (Å²) in [7, 11) is 1.66. The van der Waals surface area contributed by atoms with E-state index in [2.05, 4.69) is 26.3 Å². The molecule has 9 nitrogen and oxygen atoms in total. The van der Waals surface area contributed by atoms with Crippen LogP contribution in [-0.4, -0.2) is 64.5 Å². The summed E-state index contributed by atoms with van der Waals surface area (Å²) in [5.41, 5.74) is 2.15. The van der Waals surface area contributed by atoms with E-state index in [0.717, 1.165) is 37.4 Å². The zero-order valence-electron chi connectivity index (χ0n) is 18.5. The molecule has 0 unspecified atom stereocenters. The Bertz CT molecular complexity index is 1150. The lowest BCUT2D eigenvalue weighted by atomic mass is 10.2. The maximum atomic E-state index is 13.0. The molecule has 33 heavy (non-hydrogen) atoms. The summed E-state index contributed by atoms with van der Waals surface area (Å²) in [6.07, 6.45) is 6.82. The highest BCUT2D eigenvalue weighted by Gasteiger charge is 2.29. The van der Waals surface area contributed by atoms with Gasteiger partial charge in [-0.15, -0.1) is 0 Å². The Labute approximate surface area is 192 Å². The van der Waals surface area contributed by atoms with E-state index in [0.29, 0.717) is 30.3 Å². The van der Waals surface area contributed by atoms with Crippen LogP contribution in [0.15, 0.2) is 55.1 Å². The minimum absolute atomic E-state index is 0.0477. The third-order valence-electron chi connectivity index (χ3n) is 6.02. The topological polar surface area (TPSA) is 92.6 Å². The maximum Gasteiger partial charge on any atom is 0.274 e. The molecule has 5 rings (SSSR count). The monoisotopic (exact) mass is 446 g/mol. The number of hydrogen-bond donors (Lipinski definition) is 1. The first-order valence-corrected chi connectivity index (χ1v) is 11.1. The van der Waals surface area contributed by atoms with Crippen LogP contribution in [0.25, 0.3) is 5.82 Å². The number of ether oxygens (including phenoxy) is 1. The van der Waals surface area contributed by atoms with Gasteiger partial charge in [-0.2, -0.15) is 0 Å². The number of benzene rings is 1. The van der Waals surface area contributed by atoms with Crippen molar-refractivity contribution in [2.75, 3.05) is 43.5 Å². The van der Waals surface area contributed by atoms with Gasteiger partial charge in [0.05, 0.1) is 19.0 Å². The first kappa shape index (κ1) is 21.0. The lowest BCUT2D eigenvalue weighted by Crippen LogP contribution is -2.48. The SMILES string of the molecule is COc1cccc(N2CCN(C(=O)c3cn(-c4ccc(NC(=O)C5CC5)cn4)cn3)CC2)c1. The van der Waals surface area contributed by atoms with Crippen molar-refractivity contribution in [3.63, 3.8) is 0 Å². The van der Waals surface area contributed by atoms with Crippen molar-refractivity contribution in [2.24, 2.45) is 5.92 Å². The Morgan fingerprint density at radius 2 is 1.88 bits per heavy atom. The molecule has 0 radical (unpaired) electrons. The van der Waals surface area contributed by atoms with Crippen LogP contribution in [-0.2, 0) is 4.79 Å². The second kappa shape index (κ2) is 8.93. The first-order valence-electron chi connectivity index (χ1n) is 11.1. The van der Waals surface area contributed by atoms with Gasteiger partial charge in [0.2, 0.25) is 5.91 Å². The quantitative estimate of drug-likeness (QED) is 0.626. The van der Waals surface area contributed by atoms with E-state index in [4.69, 9.17) is 4.74 Å². The minimum atomic E-state index is -0.0904. The summed E-state index contributed by atoms with van der Waals surface area (Å²) < 4.78 is 7.03. The number of piperazine rings is 1. The number of nitrogens with zero attached hydrogens (tertiary/aromatic N) is 5. The fourth-order valence-electron chi connectivity index (χ4n) is 3.90. The molecule has 0 spiro atoms. The average molecular weight is 447 g/mol. The van der Waals surface area contributed by atoms with Crippen molar-refractivity contribution >= 4 is 23.2 Å². The highest BCUT2D eigenvalue weighted by Crippen LogP contribution is 2.30. The molecule has 2 aliphatic rings. The molecule has 3 heterocycles. The lowest BCUT2D eigenvalue weighted by Gasteiger charge is -2.35. The van der Waals surface area contributed by atoms with Gasteiger partial charge in [0, 0.05) is 50.0 Å². The smallest absolute Gasteiger partial charge is 0.274 e. The molecular formula is C24H26N6O3. The van der Waals surface area contributed by atoms with Gasteiger partial charge in [-0.25, -0.2) is 9.97 Å². The molecule has 2 amide bonds. The standard InChI is InChI=1S/C24H26N6O3/c1-33-20-4-2-3-19(13-20)28-9-11-29(12-10-28)24(32)21-15-30(16-26-21)22-8-7-18(14-25-22)27-23(31)17-5-6-17/h2-4,7-8,13-17H,5-6,9-12H2,1H3,(H,27,31). The van der Waals surface area contributed by atoms with Gasteiger partial charge in [0.15, 0.2) is 0 Å². The summed E-state index contributed by atoms with van der Waals surface area (Å²) in [5, 5.41) is 2.87. The largest absolute Gasteiger partial charge is 0.497 e. The van der Waals surface area contributed by atoms with E-state index >= 15 is 0 Å². The van der Waals surface area contributed by atoms with Crippen molar-refractivity contribution < 1.29 is 14.3 Å². The third kappa shape index (κ3) is 4.67. The Hall–Kier alpha value is -3.88. The zero-order chi connectivity index (χ0) is 22.8. The molecule has 2 aromatic heterocycles. The van der Waals surface area contributed by atoms with E-state index in [1.807, 2.05) is 29.2 Å². The third-order valence-corrected chi connectivity index (χ3v) is 6.02. The summed E-state index contributed by atoms with van der Waals surface area (Å²) in [5.74, 6) is 1.56. The van der Waals surface area contributed by atoms with Crippen molar-refractivity contribution in [1.82, 2.24) is 19.4 Å². The summed E-state index contributed by atoms with van der Waals surface area (Å²) in [6.45, 7) is 2.73. The van der Waals surface area contributed by atoms with Gasteiger partial charge < -0.3 is 19.9 Å². The number of anilines is 2. The number of hydrogen-bond acceptors (Lipinski definition) is 6. The van der Waals surface area contributed by atoms with Crippen LogP contribution < -0.4 is 15.0 Å². The molecule has 170 valence electrons. The van der Waals surface area contributed by atoms with Gasteiger partial charge in [-0.05, 0) is 37.1 Å². The Kier molecular flexibility index (Phi) is 5.68. The van der Waals surface area contributed by atoms with Gasteiger partial charge in [-0.3, -0.25) is 14.2 Å². The Morgan fingerprint density at radius 3 is 2.58 bits per heavy atom. The first-order chi connectivity index (χ1) is 16.1. The fraction of sp³-hybridized carbons (Fsp3) is 0.333. The summed E-state index contributed by atoms with van der Waals surface area (Å²) in [6, 6.07) is 11.6. The van der Waals surface area contributed by atoms with E-state index < -0.39 is 0 Å². The van der Waals surface area contributed by atoms with Crippen LogP contribution in [0.1, 0.15) is 23.3 Å². The number of imidazole rings is 1. The van der Waals surface area contributed by atoms with E-state index in [9.17, 15) is 9.59 Å². The predicted octanol–water partition coefficient (Wildman–Crippen LogP) is 2.59. The summed E-state index contributed by atoms with van der Waals surface area (Å²) >= 11 is 0. The van der Waals surface area contributed by atoms with E-state index in [1.54, 1.807) is 36.5 Å². The zero-order valence-corrected chi connectivity index (χ0v) is 18.5. The number of carbonyl (C=O) groups excluding carboxylic acids is 2. The van der Waals surface area contributed by atoms with E-state index in [-0.39, 0.29) is 17.7 Å². The predicted molar refractivity (Wildman–Crippen MR) is 124 cm³/mol. The van der Waals surface area contributed by atoms with E-state index in [1.165, 1.54) is 0 Å². The van der Waals surface area contributed by atoms with Gasteiger partial charge in [-0.1, -0.05) is 6.07 Å². The van der Waals surface area contributed by atoms with Crippen LogP contribution in [0.3, 0.4) is 0 Å². The van der Waals surface area contributed by atoms with Crippen LogP contribution in [0.5, 0.6) is 5.75 Å². The Morgan fingerprint density at radius 1 is 1.06 bits per heavy atom. The number of methoxy groups -OCH3 is 1. The molecule has 1 aliphatic carbocycles. The number of carbonyl (C=O) groups is 2. The highest BCUT2D eigenvalue weighted by molar-refractivity contribution is 5.94. The molecule has 1 aliphatic heterocycles. The van der Waals surface area contributed by atoms with Crippen LogP contribution >= 0.6 is 0 Å².